The van der Waals surface area contributed by atoms with Gasteiger partial charge in [0.2, 0.25) is 11.9 Å². The third-order valence-electron chi connectivity index (χ3n) is 0.709. The number of hydrogen-bond donors (Lipinski definition) is 2. The minimum absolute atomic E-state index is 0.0629. The second kappa shape index (κ2) is 1.69. The van der Waals surface area contributed by atoms with Gasteiger partial charge in [0, 0.05) is 0 Å². The van der Waals surface area contributed by atoms with Crippen LogP contribution in [0.1, 0.15) is 0 Å². The summed E-state index contributed by atoms with van der Waals surface area (Å²) < 4.78 is 0. The van der Waals surface area contributed by atoms with E-state index in [0.29, 0.717) is 4.79 Å². The Labute approximate surface area is 49.6 Å². The Morgan fingerprint density at radius 1 is 1.56 bits per heavy atom. The minimum atomic E-state index is -0.109. The van der Waals surface area contributed by atoms with E-state index >= 15 is 0 Å². The summed E-state index contributed by atoms with van der Waals surface area (Å²) in [6, 6.07) is 0. The van der Waals surface area contributed by atoms with Crippen LogP contribution < -0.4 is 11.5 Å². The summed E-state index contributed by atoms with van der Waals surface area (Å²) in [4.78, 5) is 13.7. The first-order valence-corrected chi connectivity index (χ1v) is 2.05. The lowest BCUT2D eigenvalue weighted by Crippen LogP contribution is -1.96. The second-order valence-electron chi connectivity index (χ2n) is 1.30. The monoisotopic (exact) mass is 128 g/mol. The summed E-state index contributed by atoms with van der Waals surface area (Å²) >= 11 is 0. The van der Waals surface area contributed by atoms with Crippen LogP contribution in [0.4, 0.5) is 11.9 Å². The molecule has 0 aromatic carbocycles. The summed E-state index contributed by atoms with van der Waals surface area (Å²) in [6.07, 6.45) is 0. The summed E-state index contributed by atoms with van der Waals surface area (Å²) in [6.45, 7) is 0. The zero-order chi connectivity index (χ0) is 6.85. The Hall–Kier alpha value is -1.66. The van der Waals surface area contributed by atoms with Gasteiger partial charge in [-0.1, -0.05) is 4.79 Å². The van der Waals surface area contributed by atoms with Crippen molar-refractivity contribution in [2.24, 2.45) is 5.29 Å². The maximum atomic E-state index is 9.72. The van der Waals surface area contributed by atoms with E-state index in [2.05, 4.69) is 15.4 Å². The fraction of sp³-hybridized carbons (Fsp3) is 0. The largest absolute Gasteiger partial charge is 0.366 e. The lowest BCUT2D eigenvalue weighted by Gasteiger charge is -1.80. The van der Waals surface area contributed by atoms with Crippen molar-refractivity contribution in [3.05, 3.63) is 4.91 Å². The molecular formula is C2H4N6O. The predicted octanol–water partition coefficient (Wildman–Crippen LogP) is -1.03. The average Bonchev–Trinajstić information content (AvgIpc) is 2.10. The maximum absolute atomic E-state index is 9.72. The van der Waals surface area contributed by atoms with Crippen LogP contribution in [-0.4, -0.2) is 14.9 Å². The molecule has 0 unspecified atom stereocenters. The average molecular weight is 128 g/mol. The smallest absolute Gasteiger partial charge is 0.246 e. The number of nitrogen functional groups attached to an aromatic ring is 2. The van der Waals surface area contributed by atoms with Gasteiger partial charge in [0.25, 0.3) is 0 Å². The highest BCUT2D eigenvalue weighted by atomic mass is 16.3. The van der Waals surface area contributed by atoms with Crippen LogP contribution >= 0.6 is 0 Å². The normalized spacial score (nSPS) is 9.33. The Balaban J connectivity index is 3.15. The molecule has 4 N–H and O–H groups in total. The van der Waals surface area contributed by atoms with E-state index in [0.717, 1.165) is 0 Å². The van der Waals surface area contributed by atoms with Crippen LogP contribution in [0.2, 0.25) is 0 Å². The molecule has 1 heterocycles. The third kappa shape index (κ3) is 0.784. The van der Waals surface area contributed by atoms with Gasteiger partial charge in [0.15, 0.2) is 0 Å². The summed E-state index contributed by atoms with van der Waals surface area (Å²) in [5.41, 5.74) is 10.1. The van der Waals surface area contributed by atoms with E-state index in [1.807, 2.05) is 0 Å². The van der Waals surface area contributed by atoms with Crippen LogP contribution in [0.25, 0.3) is 0 Å². The van der Waals surface area contributed by atoms with Gasteiger partial charge in [-0.2, -0.15) is 4.98 Å². The van der Waals surface area contributed by atoms with Crippen LogP contribution in [0.15, 0.2) is 5.29 Å². The Kier molecular flexibility index (Phi) is 1.03. The molecule has 1 aromatic rings. The zero-order valence-corrected chi connectivity index (χ0v) is 4.35. The Morgan fingerprint density at radius 3 is 2.44 bits per heavy atom. The third-order valence-corrected chi connectivity index (χ3v) is 0.709. The van der Waals surface area contributed by atoms with Crippen LogP contribution in [0.3, 0.4) is 0 Å². The minimum Gasteiger partial charge on any atom is -0.366 e. The molecule has 7 heteroatoms. The van der Waals surface area contributed by atoms with Crippen LogP contribution in [0, 0.1) is 4.91 Å². The SMILES string of the molecule is Nc1nc(N)n(N=O)n1. The summed E-state index contributed by atoms with van der Waals surface area (Å²) in [5, 5.41) is 5.69. The van der Waals surface area contributed by atoms with E-state index in [-0.39, 0.29) is 11.9 Å². The van der Waals surface area contributed by atoms with E-state index in [1.165, 1.54) is 0 Å². The molecule has 0 atom stereocenters. The van der Waals surface area contributed by atoms with Gasteiger partial charge in [-0.25, -0.2) is 0 Å². The van der Waals surface area contributed by atoms with Crippen molar-refractivity contribution in [3.8, 4) is 0 Å². The molecule has 1 rings (SSSR count). The molecular weight excluding hydrogens is 124 g/mol. The molecule has 7 nitrogen and oxygen atoms in total. The Bertz CT molecular complexity index is 227. The predicted molar refractivity (Wildman–Crippen MR) is 30.0 cm³/mol. The molecule has 0 aliphatic heterocycles. The van der Waals surface area contributed by atoms with Crippen molar-refractivity contribution in [3.63, 3.8) is 0 Å². The highest BCUT2D eigenvalue weighted by Crippen LogP contribution is 1.98. The van der Waals surface area contributed by atoms with E-state index < -0.39 is 0 Å². The number of nitrogens with zero attached hydrogens (tertiary/aromatic N) is 4. The number of nitroso groups, excluding NO2 is 1. The lowest BCUT2D eigenvalue weighted by molar-refractivity contribution is 0.746. The number of aromatic nitrogens is 3. The van der Waals surface area contributed by atoms with E-state index in [4.69, 9.17) is 11.5 Å². The molecule has 0 fully saturated rings. The molecule has 0 saturated carbocycles. The molecule has 0 aliphatic rings. The van der Waals surface area contributed by atoms with Gasteiger partial charge in [-0.05, 0) is 0 Å². The topological polar surface area (TPSA) is 112 Å². The van der Waals surface area contributed by atoms with Crippen molar-refractivity contribution >= 4 is 11.9 Å². The van der Waals surface area contributed by atoms with Gasteiger partial charge < -0.3 is 11.5 Å². The number of rotatable bonds is 1. The van der Waals surface area contributed by atoms with Gasteiger partial charge in [-0.15, -0.1) is 10.0 Å². The van der Waals surface area contributed by atoms with Gasteiger partial charge in [0.1, 0.15) is 0 Å². The van der Waals surface area contributed by atoms with E-state index in [1.54, 1.807) is 0 Å². The quantitative estimate of drug-likeness (QED) is 0.469. The molecule has 9 heavy (non-hydrogen) atoms. The molecule has 0 aliphatic carbocycles. The molecule has 0 amide bonds. The highest BCUT2D eigenvalue weighted by Gasteiger charge is 2.00. The van der Waals surface area contributed by atoms with Crippen molar-refractivity contribution in [2.45, 2.75) is 0 Å². The van der Waals surface area contributed by atoms with Gasteiger partial charge >= 0.3 is 0 Å². The van der Waals surface area contributed by atoms with Crippen molar-refractivity contribution in [1.82, 2.24) is 14.9 Å². The first kappa shape index (κ1) is 5.48. The maximum Gasteiger partial charge on any atom is 0.246 e. The van der Waals surface area contributed by atoms with Crippen molar-refractivity contribution in [1.29, 1.82) is 0 Å². The lowest BCUT2D eigenvalue weighted by atomic mass is 11.0. The summed E-state index contributed by atoms with van der Waals surface area (Å²) in [5.74, 6) is -0.172. The molecule has 1 aromatic heterocycles. The first-order valence-electron chi connectivity index (χ1n) is 2.05. The van der Waals surface area contributed by atoms with Crippen molar-refractivity contribution in [2.75, 3.05) is 11.5 Å². The Morgan fingerprint density at radius 2 is 2.22 bits per heavy atom. The van der Waals surface area contributed by atoms with Crippen LogP contribution in [0.5, 0.6) is 0 Å². The van der Waals surface area contributed by atoms with Crippen molar-refractivity contribution < 1.29 is 0 Å². The standard InChI is InChI=1S/C2H4N6O/c3-1-5-2(4)8(6-1)7-9/h(H4,3,4,5,6). The number of nitrogens with two attached hydrogens (primary N) is 2. The molecule has 0 saturated heterocycles. The van der Waals surface area contributed by atoms with Gasteiger partial charge in [0.05, 0.1) is 5.29 Å². The fourth-order valence-corrected chi connectivity index (χ4v) is 0.393. The van der Waals surface area contributed by atoms with Crippen LogP contribution in [-0.2, 0) is 0 Å². The molecule has 0 bridgehead atoms. The molecule has 0 radical (unpaired) electrons. The van der Waals surface area contributed by atoms with Gasteiger partial charge in [-0.3, -0.25) is 0 Å². The van der Waals surface area contributed by atoms with E-state index in [9.17, 15) is 4.91 Å². The number of hydrogen-bond acceptors (Lipinski definition) is 6. The summed E-state index contributed by atoms with van der Waals surface area (Å²) in [7, 11) is 0. The highest BCUT2D eigenvalue weighted by molar-refractivity contribution is 5.25. The molecule has 0 spiro atoms. The molecule has 48 valence electrons. The fourth-order valence-electron chi connectivity index (χ4n) is 0.393. The first-order chi connectivity index (χ1) is 4.24. The zero-order valence-electron chi connectivity index (χ0n) is 4.35. The second-order valence-corrected chi connectivity index (χ2v) is 1.30. The number of anilines is 2.